The molecular weight excluding hydrogens is 402 g/mol. The van der Waals surface area contributed by atoms with Gasteiger partial charge in [-0.3, -0.25) is 0 Å². The van der Waals surface area contributed by atoms with E-state index in [1.54, 1.807) is 0 Å². The SMILES string of the molecule is Cl.Cl.Cl.P.[Ca+2].[Cl-].[Cl-].[Cl-].[Cl-].[Cl-].[Mg+2].[Na+]. The van der Waals surface area contributed by atoms with E-state index in [0.717, 1.165) is 0 Å². The standard InChI is InChI=1S/Ca.8ClH.Mg.Na.H3P/h;8*1H;;;1H3/q+2;;;;;;;;;+2;+1;/p-5. The average Bonchev–Trinajstić information content (AvgIpc) is 0. The van der Waals surface area contributed by atoms with Crippen LogP contribution in [0.4, 0.5) is 0 Å². The first-order chi connectivity index (χ1) is 0. The Labute approximate surface area is 195 Å². The van der Waals surface area contributed by atoms with Gasteiger partial charge in [0.25, 0.3) is 0 Å². The summed E-state index contributed by atoms with van der Waals surface area (Å²) in [7, 11) is 0. The molecule has 0 N–H and O–H groups in total. The fourth-order valence-corrected chi connectivity index (χ4v) is 0. The van der Waals surface area contributed by atoms with Crippen LogP contribution in [0.3, 0.4) is 0 Å². The second-order valence-corrected chi connectivity index (χ2v) is 0. The van der Waals surface area contributed by atoms with Crippen molar-refractivity contribution in [3.8, 4) is 0 Å². The molecule has 1 atom stereocenters. The van der Waals surface area contributed by atoms with Crippen LogP contribution in [0.1, 0.15) is 0 Å². The van der Waals surface area contributed by atoms with E-state index in [9.17, 15) is 0 Å². The molecule has 0 aliphatic heterocycles. The molecule has 0 radical (unpaired) electrons. The molecule has 0 aromatic rings. The molecule has 0 aromatic carbocycles. The largest absolute Gasteiger partial charge is 2.00 e. The summed E-state index contributed by atoms with van der Waals surface area (Å²) in [5.41, 5.74) is 0. The smallest absolute Gasteiger partial charge is 1.00 e. The van der Waals surface area contributed by atoms with E-state index in [4.69, 9.17) is 0 Å². The predicted octanol–water partition coefficient (Wildman–Crippen LogP) is -17.4. The zero-order chi connectivity index (χ0) is 0. The van der Waals surface area contributed by atoms with Crippen LogP contribution in [-0.2, 0) is 0 Å². The molecule has 72 valence electrons. The number of halogens is 8. The molecule has 12 heavy (non-hydrogen) atoms. The van der Waals surface area contributed by atoms with Crippen molar-refractivity contribution in [1.82, 2.24) is 0 Å². The van der Waals surface area contributed by atoms with Crippen molar-refractivity contribution in [2.24, 2.45) is 0 Å². The Hall–Kier alpha value is 5.78. The minimum absolute atomic E-state index is 0. The number of hydrogen-bond acceptors (Lipinski definition) is 0. The maximum absolute atomic E-state index is 0. The molecule has 0 heterocycles. The van der Waals surface area contributed by atoms with Gasteiger partial charge in [0, 0.05) is 0 Å². The summed E-state index contributed by atoms with van der Waals surface area (Å²) in [6.45, 7) is 0. The van der Waals surface area contributed by atoms with Crippen molar-refractivity contribution < 1.29 is 91.6 Å². The van der Waals surface area contributed by atoms with Gasteiger partial charge in [-0.1, -0.05) is 0 Å². The van der Waals surface area contributed by atoms with Gasteiger partial charge >= 0.3 is 90.3 Å². The minimum Gasteiger partial charge on any atom is -1.00 e. The molecule has 1 unspecified atom stereocenters. The van der Waals surface area contributed by atoms with Crippen molar-refractivity contribution in [2.75, 3.05) is 0 Å². The van der Waals surface area contributed by atoms with Crippen LogP contribution in [0, 0.1) is 0 Å². The van der Waals surface area contributed by atoms with Crippen molar-refractivity contribution >= 4 is 108 Å². The Balaban J connectivity index is 0. The van der Waals surface area contributed by atoms with Gasteiger partial charge in [0.1, 0.15) is 0 Å². The molecule has 0 saturated carbocycles. The van der Waals surface area contributed by atoms with Gasteiger partial charge in [0.05, 0.1) is 0 Å². The second-order valence-electron chi connectivity index (χ2n) is 0. The van der Waals surface area contributed by atoms with Crippen LogP contribution >= 0.6 is 47.1 Å². The first-order valence-electron chi connectivity index (χ1n) is 0. The Morgan fingerprint density at radius 1 is 0.500 bits per heavy atom. The third-order valence-corrected chi connectivity index (χ3v) is 0. The van der Waals surface area contributed by atoms with E-state index in [1.165, 1.54) is 0 Å². The molecule has 0 bridgehead atoms. The minimum atomic E-state index is 0. The first-order valence-corrected chi connectivity index (χ1v) is 0. The number of hydrogen-bond donors (Lipinski definition) is 0. The van der Waals surface area contributed by atoms with E-state index in [0.29, 0.717) is 0 Å². The van der Waals surface area contributed by atoms with Crippen LogP contribution < -0.4 is 91.6 Å². The molecule has 0 nitrogen and oxygen atoms in total. The molecule has 12 heteroatoms. The van der Waals surface area contributed by atoms with Gasteiger partial charge in [0.2, 0.25) is 0 Å². The normalized spacial score (nSPS) is 0. The molecule has 0 aromatic heterocycles. The summed E-state index contributed by atoms with van der Waals surface area (Å²) < 4.78 is 0. The maximum Gasteiger partial charge on any atom is 2.00 e. The summed E-state index contributed by atoms with van der Waals surface area (Å²) in [6, 6.07) is 0. The summed E-state index contributed by atoms with van der Waals surface area (Å²) in [5, 5.41) is 0. The van der Waals surface area contributed by atoms with Gasteiger partial charge in [-0.15, -0.1) is 37.2 Å². The molecule has 0 saturated heterocycles. The second kappa shape index (κ2) is 125. The monoisotopic (exact) mass is 404 g/mol. The van der Waals surface area contributed by atoms with Crippen LogP contribution in [-0.4, -0.2) is 60.8 Å². The van der Waals surface area contributed by atoms with Gasteiger partial charge in [0.15, 0.2) is 0 Å². The van der Waals surface area contributed by atoms with Gasteiger partial charge in [-0.25, -0.2) is 0 Å². The van der Waals surface area contributed by atoms with E-state index >= 15 is 0 Å². The third kappa shape index (κ3) is 103. The predicted molar refractivity (Wildman–Crippen MR) is 44.4 cm³/mol. The fourth-order valence-electron chi connectivity index (χ4n) is 0. The van der Waals surface area contributed by atoms with E-state index in [-0.39, 0.29) is 200 Å². The van der Waals surface area contributed by atoms with Crippen molar-refractivity contribution in [3.63, 3.8) is 0 Å². The van der Waals surface area contributed by atoms with E-state index in [2.05, 4.69) is 0 Å². The zero-order valence-electron chi connectivity index (χ0n) is 6.24. The summed E-state index contributed by atoms with van der Waals surface area (Å²) >= 11 is 0. The maximum atomic E-state index is 0. The first kappa shape index (κ1) is 150. The summed E-state index contributed by atoms with van der Waals surface area (Å²) in [5.74, 6) is 0. The number of rotatable bonds is 0. The van der Waals surface area contributed by atoms with E-state index < -0.39 is 0 Å². The Bertz CT molecular complexity index is 19.0. The van der Waals surface area contributed by atoms with Crippen LogP contribution in [0.5, 0.6) is 0 Å². The topological polar surface area (TPSA) is 0 Å². The van der Waals surface area contributed by atoms with Crippen LogP contribution in [0.15, 0.2) is 0 Å². The van der Waals surface area contributed by atoms with Crippen molar-refractivity contribution in [2.45, 2.75) is 0 Å². The van der Waals surface area contributed by atoms with E-state index in [1.807, 2.05) is 0 Å². The third-order valence-electron chi connectivity index (χ3n) is 0. The van der Waals surface area contributed by atoms with Gasteiger partial charge in [-0.2, -0.15) is 9.90 Å². The van der Waals surface area contributed by atoms with Crippen LogP contribution in [0.25, 0.3) is 0 Å². The fraction of sp³-hybridized carbons (Fsp3) is 0. The Morgan fingerprint density at radius 2 is 0.500 bits per heavy atom. The molecule has 0 spiro atoms. The van der Waals surface area contributed by atoms with Gasteiger partial charge in [-0.05, 0) is 0 Å². The van der Waals surface area contributed by atoms with Crippen molar-refractivity contribution in [1.29, 1.82) is 0 Å². The zero-order valence-corrected chi connectivity index (χ0v) is 19.5. The van der Waals surface area contributed by atoms with Gasteiger partial charge < -0.3 is 62.0 Å². The molecule has 0 amide bonds. The average molecular weight is 408 g/mol. The quantitative estimate of drug-likeness (QED) is 0.276. The Kier molecular flexibility index (Phi) is 1560. The van der Waals surface area contributed by atoms with Crippen molar-refractivity contribution in [3.05, 3.63) is 0 Å². The molecule has 0 fully saturated rings. The Morgan fingerprint density at radius 3 is 0.500 bits per heavy atom. The molecular formula is H6CaCl8MgNaP. The molecule has 0 rings (SSSR count). The summed E-state index contributed by atoms with van der Waals surface area (Å²) in [4.78, 5) is 0. The summed E-state index contributed by atoms with van der Waals surface area (Å²) in [6.07, 6.45) is 0. The van der Waals surface area contributed by atoms with Crippen LogP contribution in [0.2, 0.25) is 0 Å². The molecule has 0 aliphatic rings. The molecule has 0 aliphatic carbocycles.